The van der Waals surface area contributed by atoms with Crippen LogP contribution in [0.1, 0.15) is 40.0 Å². The first kappa shape index (κ1) is 15.4. The van der Waals surface area contributed by atoms with Crippen molar-refractivity contribution in [2.45, 2.75) is 52.6 Å². The molecule has 0 bridgehead atoms. The van der Waals surface area contributed by atoms with Crippen molar-refractivity contribution in [1.82, 2.24) is 0 Å². The van der Waals surface area contributed by atoms with Gasteiger partial charge < -0.3 is 8.85 Å². The van der Waals surface area contributed by atoms with Gasteiger partial charge in [-0.1, -0.05) is 33.3 Å². The Morgan fingerprint density at radius 1 is 1.31 bits per heavy atom. The summed E-state index contributed by atoms with van der Waals surface area (Å²) >= 11 is 0. The maximum absolute atomic E-state index is 11.5. The van der Waals surface area contributed by atoms with Gasteiger partial charge in [0.15, 0.2) is 0 Å². The van der Waals surface area contributed by atoms with Crippen LogP contribution in [0, 0.1) is 0 Å². The SMILES string of the molecule is C=C(C)C(=O)O[Si](C)(CCC)OCCCC. The third-order valence-electron chi connectivity index (χ3n) is 2.27. The molecule has 0 heterocycles. The van der Waals surface area contributed by atoms with Crippen molar-refractivity contribution in [3.8, 4) is 0 Å². The molecular weight excluding hydrogens is 220 g/mol. The molecule has 3 nitrogen and oxygen atoms in total. The van der Waals surface area contributed by atoms with Gasteiger partial charge in [0.25, 0.3) is 0 Å². The van der Waals surface area contributed by atoms with E-state index in [0.29, 0.717) is 12.2 Å². The topological polar surface area (TPSA) is 35.5 Å². The molecule has 0 aliphatic carbocycles. The second-order valence-corrected chi connectivity index (χ2v) is 7.52. The monoisotopic (exact) mass is 244 g/mol. The summed E-state index contributed by atoms with van der Waals surface area (Å²) < 4.78 is 11.3. The highest BCUT2D eigenvalue weighted by molar-refractivity contribution is 6.67. The number of carbonyl (C=O) groups is 1. The second kappa shape index (κ2) is 7.63. The molecule has 0 fully saturated rings. The molecule has 0 amide bonds. The first-order valence-electron chi connectivity index (χ1n) is 5.98. The van der Waals surface area contributed by atoms with Gasteiger partial charge >= 0.3 is 14.5 Å². The number of unbranched alkanes of at least 4 members (excludes halogenated alkanes) is 1. The molecule has 1 atom stereocenters. The molecule has 0 saturated heterocycles. The highest BCUT2D eigenvalue weighted by atomic mass is 28.4. The highest BCUT2D eigenvalue weighted by Gasteiger charge is 2.34. The van der Waals surface area contributed by atoms with Gasteiger partial charge in [0, 0.05) is 18.2 Å². The minimum absolute atomic E-state index is 0.320. The number of carbonyl (C=O) groups excluding carboxylic acids is 1. The van der Waals surface area contributed by atoms with E-state index in [9.17, 15) is 4.79 Å². The summed E-state index contributed by atoms with van der Waals surface area (Å²) in [7, 11) is -2.32. The van der Waals surface area contributed by atoms with Crippen LogP contribution in [0.25, 0.3) is 0 Å². The molecule has 4 heteroatoms. The van der Waals surface area contributed by atoms with E-state index in [1.54, 1.807) is 6.92 Å². The van der Waals surface area contributed by atoms with Gasteiger partial charge in [-0.2, -0.15) is 0 Å². The van der Waals surface area contributed by atoms with Gasteiger partial charge in [-0.05, 0) is 19.9 Å². The van der Waals surface area contributed by atoms with Crippen molar-refractivity contribution < 1.29 is 13.6 Å². The van der Waals surface area contributed by atoms with Gasteiger partial charge in [-0.3, -0.25) is 0 Å². The summed E-state index contributed by atoms with van der Waals surface area (Å²) in [5.74, 6) is -0.320. The fraction of sp³-hybridized carbons (Fsp3) is 0.750. The number of hydrogen-bond acceptors (Lipinski definition) is 3. The van der Waals surface area contributed by atoms with Gasteiger partial charge in [0.1, 0.15) is 0 Å². The van der Waals surface area contributed by atoms with Crippen molar-refractivity contribution in [2.24, 2.45) is 0 Å². The van der Waals surface area contributed by atoms with E-state index in [2.05, 4.69) is 20.4 Å². The average Bonchev–Trinajstić information content (AvgIpc) is 2.18. The maximum atomic E-state index is 11.5. The van der Waals surface area contributed by atoms with Crippen LogP contribution >= 0.6 is 0 Å². The Hall–Kier alpha value is -0.613. The van der Waals surface area contributed by atoms with Crippen LogP contribution in [0.4, 0.5) is 0 Å². The van der Waals surface area contributed by atoms with E-state index >= 15 is 0 Å². The van der Waals surface area contributed by atoms with Crippen molar-refractivity contribution in [2.75, 3.05) is 6.61 Å². The summed E-state index contributed by atoms with van der Waals surface area (Å²) in [4.78, 5) is 11.5. The van der Waals surface area contributed by atoms with Crippen LogP contribution in [0.15, 0.2) is 12.2 Å². The first-order chi connectivity index (χ1) is 7.45. The van der Waals surface area contributed by atoms with Crippen LogP contribution < -0.4 is 0 Å². The zero-order chi connectivity index (χ0) is 12.6. The summed E-state index contributed by atoms with van der Waals surface area (Å²) in [5, 5.41) is 0. The predicted octanol–water partition coefficient (Wildman–Crippen LogP) is 3.40. The van der Waals surface area contributed by atoms with E-state index < -0.39 is 8.56 Å². The number of rotatable bonds is 8. The lowest BCUT2D eigenvalue weighted by Crippen LogP contribution is -2.41. The summed E-state index contributed by atoms with van der Waals surface area (Å²) in [6.45, 7) is 12.1. The fourth-order valence-corrected chi connectivity index (χ4v) is 3.68. The molecule has 0 aromatic rings. The van der Waals surface area contributed by atoms with Gasteiger partial charge in [0.2, 0.25) is 0 Å². The lowest BCUT2D eigenvalue weighted by molar-refractivity contribution is -0.132. The van der Waals surface area contributed by atoms with E-state index in [0.717, 1.165) is 25.3 Å². The van der Waals surface area contributed by atoms with E-state index in [1.807, 2.05) is 6.55 Å². The molecule has 0 aliphatic rings. The van der Waals surface area contributed by atoms with Crippen molar-refractivity contribution >= 4 is 14.5 Å². The second-order valence-electron chi connectivity index (χ2n) is 4.26. The molecule has 0 aromatic carbocycles. The van der Waals surface area contributed by atoms with Crippen LogP contribution in [0.3, 0.4) is 0 Å². The Balaban J connectivity index is 4.31. The molecule has 0 aliphatic heterocycles. The van der Waals surface area contributed by atoms with E-state index in [1.165, 1.54) is 0 Å². The summed E-state index contributed by atoms with van der Waals surface area (Å²) in [6.07, 6.45) is 3.07. The molecular formula is C12H24O3Si. The predicted molar refractivity (Wildman–Crippen MR) is 68.5 cm³/mol. The molecule has 0 radical (unpaired) electrons. The van der Waals surface area contributed by atoms with E-state index in [4.69, 9.17) is 8.85 Å². The Bertz CT molecular complexity index is 240. The first-order valence-corrected chi connectivity index (χ1v) is 8.50. The number of hydrogen-bond donors (Lipinski definition) is 0. The largest absolute Gasteiger partial charge is 0.491 e. The average molecular weight is 244 g/mol. The third-order valence-corrected chi connectivity index (χ3v) is 5.11. The Labute approximate surface area is 100 Å². The third kappa shape index (κ3) is 6.08. The smallest absolute Gasteiger partial charge is 0.398 e. The van der Waals surface area contributed by atoms with Crippen molar-refractivity contribution in [3.63, 3.8) is 0 Å². The normalized spacial score (nSPS) is 14.2. The standard InChI is InChI=1S/C12H24O3Si/c1-6-8-9-14-16(5,10-7-2)15-12(13)11(3)4/h3,6-10H2,1-2,4-5H3. The van der Waals surface area contributed by atoms with Crippen LogP contribution in [-0.2, 0) is 13.6 Å². The van der Waals surface area contributed by atoms with Crippen LogP contribution in [0.5, 0.6) is 0 Å². The molecule has 0 aromatic heterocycles. The Morgan fingerprint density at radius 3 is 2.38 bits per heavy atom. The molecule has 1 unspecified atom stereocenters. The lowest BCUT2D eigenvalue weighted by Gasteiger charge is -2.26. The molecule has 0 N–H and O–H groups in total. The van der Waals surface area contributed by atoms with E-state index in [-0.39, 0.29) is 5.97 Å². The zero-order valence-electron chi connectivity index (χ0n) is 11.0. The minimum atomic E-state index is -2.32. The fourth-order valence-electron chi connectivity index (χ4n) is 1.32. The summed E-state index contributed by atoms with van der Waals surface area (Å²) in [6, 6.07) is 0.843. The maximum Gasteiger partial charge on any atom is 0.398 e. The molecule has 0 spiro atoms. The molecule has 0 saturated carbocycles. The van der Waals surface area contributed by atoms with Gasteiger partial charge in [-0.25, -0.2) is 4.79 Å². The Kier molecular flexibility index (Phi) is 7.33. The minimum Gasteiger partial charge on any atom is -0.491 e. The lowest BCUT2D eigenvalue weighted by atomic mass is 10.4. The quantitative estimate of drug-likeness (QED) is 0.373. The highest BCUT2D eigenvalue weighted by Crippen LogP contribution is 2.17. The van der Waals surface area contributed by atoms with Gasteiger partial charge in [-0.15, -0.1) is 0 Å². The molecule has 94 valence electrons. The molecule has 0 rings (SSSR count). The van der Waals surface area contributed by atoms with Crippen molar-refractivity contribution in [3.05, 3.63) is 12.2 Å². The summed E-state index contributed by atoms with van der Waals surface area (Å²) in [5.41, 5.74) is 0.439. The molecule has 16 heavy (non-hydrogen) atoms. The van der Waals surface area contributed by atoms with Gasteiger partial charge in [0.05, 0.1) is 0 Å². The van der Waals surface area contributed by atoms with Crippen LogP contribution in [0.2, 0.25) is 12.6 Å². The Morgan fingerprint density at radius 2 is 1.94 bits per heavy atom. The zero-order valence-corrected chi connectivity index (χ0v) is 12.0. The van der Waals surface area contributed by atoms with Crippen LogP contribution in [-0.4, -0.2) is 21.1 Å². The van der Waals surface area contributed by atoms with Crippen molar-refractivity contribution in [1.29, 1.82) is 0 Å².